The van der Waals surface area contributed by atoms with Crippen molar-refractivity contribution < 1.29 is 0 Å². The zero-order chi connectivity index (χ0) is 16.9. The molecule has 0 N–H and O–H groups in total. The molecule has 112 valence electrons. The number of allylic oxidation sites excluding steroid dienone is 6. The van der Waals surface area contributed by atoms with Crippen molar-refractivity contribution in [2.45, 2.75) is 41.5 Å². The van der Waals surface area contributed by atoms with Crippen LogP contribution in [0.15, 0.2) is 36.5 Å². The first-order chi connectivity index (χ1) is 10.2. The molecule has 0 saturated heterocycles. The molecule has 0 fully saturated rings. The summed E-state index contributed by atoms with van der Waals surface area (Å²) >= 11 is 0. The van der Waals surface area contributed by atoms with Crippen molar-refractivity contribution in [2.75, 3.05) is 0 Å². The number of hydrogen-bond donors (Lipinski definition) is 0. The van der Waals surface area contributed by atoms with Gasteiger partial charge in [-0.05, 0) is 78.0 Å². The Kier molecular flexibility index (Phi) is 9.04. The lowest BCUT2D eigenvalue weighted by Crippen LogP contribution is -1.98. The highest BCUT2D eigenvalue weighted by molar-refractivity contribution is 5.34. The van der Waals surface area contributed by atoms with Crippen molar-refractivity contribution in [1.29, 1.82) is 0 Å². The lowest BCUT2D eigenvalue weighted by molar-refractivity contribution is 0.570. The molecule has 0 heteroatoms. The minimum Gasteiger partial charge on any atom is -0.0926 e. The van der Waals surface area contributed by atoms with Crippen LogP contribution in [-0.2, 0) is 0 Å². The highest BCUT2D eigenvalue weighted by atomic mass is 14.1. The summed E-state index contributed by atoms with van der Waals surface area (Å²) in [7, 11) is 0. The van der Waals surface area contributed by atoms with Gasteiger partial charge >= 0.3 is 0 Å². The van der Waals surface area contributed by atoms with Crippen LogP contribution in [0.2, 0.25) is 0 Å². The minimum atomic E-state index is 0.0258. The van der Waals surface area contributed by atoms with Gasteiger partial charge < -0.3 is 0 Å². The molecule has 0 atom stereocenters. The van der Waals surface area contributed by atoms with Crippen LogP contribution in [0.25, 0.3) is 0 Å². The molecule has 0 heterocycles. The minimum absolute atomic E-state index is 0.0258. The van der Waals surface area contributed by atoms with Gasteiger partial charge in [-0.3, -0.25) is 0 Å². The molecule has 0 aromatic carbocycles. The van der Waals surface area contributed by atoms with Gasteiger partial charge in [0.05, 0.1) is 0 Å². The van der Waals surface area contributed by atoms with E-state index in [9.17, 15) is 0 Å². The number of hydrogen-bond acceptors (Lipinski definition) is 0. The van der Waals surface area contributed by atoms with E-state index in [4.69, 9.17) is 0 Å². The van der Waals surface area contributed by atoms with E-state index in [-0.39, 0.29) is 10.8 Å². The van der Waals surface area contributed by atoms with E-state index in [1.54, 1.807) is 36.5 Å². The average Bonchev–Trinajstić information content (AvgIpc) is 2.36. The molecule has 0 rings (SSSR count). The van der Waals surface area contributed by atoms with Crippen LogP contribution >= 0.6 is 0 Å². The van der Waals surface area contributed by atoms with Gasteiger partial charge in [-0.2, -0.15) is 0 Å². The van der Waals surface area contributed by atoms with Crippen molar-refractivity contribution in [3.05, 3.63) is 36.5 Å². The molecule has 0 aliphatic heterocycles. The summed E-state index contributed by atoms with van der Waals surface area (Å²) in [6.07, 6.45) is 10.4. The molecule has 0 saturated carbocycles. The molecular formula is C22H24. The van der Waals surface area contributed by atoms with Crippen molar-refractivity contribution in [3.63, 3.8) is 0 Å². The first kappa shape index (κ1) is 19.5. The van der Waals surface area contributed by atoms with Crippen LogP contribution in [0.3, 0.4) is 0 Å². The highest BCUT2D eigenvalue weighted by Gasteiger charge is 2.02. The van der Waals surface area contributed by atoms with Gasteiger partial charge in [0.25, 0.3) is 0 Å². The second kappa shape index (κ2) is 10.2. The van der Waals surface area contributed by atoms with Crippen molar-refractivity contribution in [3.8, 4) is 47.4 Å². The summed E-state index contributed by atoms with van der Waals surface area (Å²) in [6, 6.07) is 0. The van der Waals surface area contributed by atoms with Gasteiger partial charge in [0.15, 0.2) is 0 Å². The first-order valence-corrected chi connectivity index (χ1v) is 7.23. The lowest BCUT2D eigenvalue weighted by Gasteiger charge is -2.05. The zero-order valence-corrected chi connectivity index (χ0v) is 14.5. The van der Waals surface area contributed by atoms with Crippen LogP contribution in [0, 0.1) is 58.2 Å². The summed E-state index contributed by atoms with van der Waals surface area (Å²) in [4.78, 5) is 0. The van der Waals surface area contributed by atoms with Crippen LogP contribution in [-0.4, -0.2) is 0 Å². The SMILES string of the molecule is CC(C)(C)C#C/C=C/C#C/C=C/C#C/C=C/C#CC(C)(C)C. The van der Waals surface area contributed by atoms with E-state index >= 15 is 0 Å². The normalized spacial score (nSPS) is 11.0. The Hall–Kier alpha value is -2.54. The Bertz CT molecular complexity index is 603. The summed E-state index contributed by atoms with van der Waals surface area (Å²) < 4.78 is 0. The Balaban J connectivity index is 4.23. The van der Waals surface area contributed by atoms with Crippen LogP contribution in [0.5, 0.6) is 0 Å². The van der Waals surface area contributed by atoms with Crippen LogP contribution in [0.1, 0.15) is 41.5 Å². The molecule has 0 radical (unpaired) electrons. The third-order valence-electron chi connectivity index (χ3n) is 1.81. The fraction of sp³-hybridized carbons (Fsp3) is 0.364. The van der Waals surface area contributed by atoms with Crippen LogP contribution < -0.4 is 0 Å². The monoisotopic (exact) mass is 288 g/mol. The van der Waals surface area contributed by atoms with E-state index in [2.05, 4.69) is 88.9 Å². The van der Waals surface area contributed by atoms with Crippen molar-refractivity contribution in [1.82, 2.24) is 0 Å². The molecule has 0 aromatic heterocycles. The highest BCUT2D eigenvalue weighted by Crippen LogP contribution is 2.09. The Labute approximate surface area is 136 Å². The van der Waals surface area contributed by atoms with Gasteiger partial charge in [-0.1, -0.05) is 47.4 Å². The van der Waals surface area contributed by atoms with E-state index in [1.165, 1.54) is 0 Å². The molecule has 0 aliphatic rings. The maximum atomic E-state index is 3.10. The van der Waals surface area contributed by atoms with Gasteiger partial charge in [0, 0.05) is 10.8 Å². The fourth-order valence-corrected chi connectivity index (χ4v) is 0.959. The third kappa shape index (κ3) is 17.5. The Morgan fingerprint density at radius 2 is 0.636 bits per heavy atom. The predicted molar refractivity (Wildman–Crippen MR) is 97.4 cm³/mol. The predicted octanol–water partition coefficient (Wildman–Crippen LogP) is 4.76. The molecule has 0 bridgehead atoms. The lowest BCUT2D eigenvalue weighted by atomic mass is 9.98. The maximum Gasteiger partial charge on any atom is 0.0233 e. The summed E-state index contributed by atoms with van der Waals surface area (Å²) in [5.41, 5.74) is 0.0517. The molecular weight excluding hydrogens is 264 g/mol. The topological polar surface area (TPSA) is 0 Å². The molecule has 0 spiro atoms. The smallest absolute Gasteiger partial charge is 0.0233 e. The molecule has 0 aromatic rings. The summed E-state index contributed by atoms with van der Waals surface area (Å²) in [6.45, 7) is 12.4. The maximum absolute atomic E-state index is 3.10. The van der Waals surface area contributed by atoms with Gasteiger partial charge in [-0.25, -0.2) is 0 Å². The molecule has 0 unspecified atom stereocenters. The zero-order valence-electron chi connectivity index (χ0n) is 14.5. The first-order valence-electron chi connectivity index (χ1n) is 7.23. The summed E-state index contributed by atoms with van der Waals surface area (Å²) in [5, 5.41) is 0. The molecule has 0 amide bonds. The standard InChI is InChI=1S/C22H24/c1-21(2,3)19-17-15-13-11-9-7-8-10-12-14-16-18-20-22(4,5)6/h7-8,13-16H,1-6H3/b8-7+,15-13+,16-14+. The second-order valence-corrected chi connectivity index (χ2v) is 6.62. The van der Waals surface area contributed by atoms with Crippen molar-refractivity contribution in [2.24, 2.45) is 10.8 Å². The van der Waals surface area contributed by atoms with E-state index in [0.717, 1.165) is 0 Å². The van der Waals surface area contributed by atoms with Gasteiger partial charge in [-0.15, -0.1) is 0 Å². The van der Waals surface area contributed by atoms with E-state index in [0.29, 0.717) is 0 Å². The largest absolute Gasteiger partial charge is 0.0926 e. The quantitative estimate of drug-likeness (QED) is 0.564. The van der Waals surface area contributed by atoms with Gasteiger partial charge in [0.1, 0.15) is 0 Å². The van der Waals surface area contributed by atoms with Crippen molar-refractivity contribution >= 4 is 0 Å². The number of rotatable bonds is 0. The van der Waals surface area contributed by atoms with E-state index < -0.39 is 0 Å². The second-order valence-electron chi connectivity index (χ2n) is 6.62. The van der Waals surface area contributed by atoms with E-state index in [1.807, 2.05) is 0 Å². The molecule has 0 aliphatic carbocycles. The molecule has 22 heavy (non-hydrogen) atoms. The Morgan fingerprint density at radius 1 is 0.409 bits per heavy atom. The molecule has 0 nitrogen and oxygen atoms in total. The Morgan fingerprint density at radius 3 is 0.864 bits per heavy atom. The average molecular weight is 288 g/mol. The fourth-order valence-electron chi connectivity index (χ4n) is 0.959. The van der Waals surface area contributed by atoms with Crippen LogP contribution in [0.4, 0.5) is 0 Å². The van der Waals surface area contributed by atoms with Gasteiger partial charge in [0.2, 0.25) is 0 Å². The summed E-state index contributed by atoms with van der Waals surface area (Å²) in [5.74, 6) is 23.6. The third-order valence-corrected chi connectivity index (χ3v) is 1.81.